The first-order valence-corrected chi connectivity index (χ1v) is 14.9. The number of benzene rings is 4. The van der Waals surface area contributed by atoms with Gasteiger partial charge in [-0.15, -0.1) is 0 Å². The van der Waals surface area contributed by atoms with Gasteiger partial charge in [-0.2, -0.15) is 4.39 Å². The highest BCUT2D eigenvalue weighted by Crippen LogP contribution is 2.57. The Morgan fingerprint density at radius 2 is 1.50 bits per heavy atom. The molecule has 0 spiro atoms. The van der Waals surface area contributed by atoms with Gasteiger partial charge in [0.05, 0.1) is 32.5 Å². The first-order chi connectivity index (χ1) is 21.4. The molecule has 7 rings (SSSR count). The van der Waals surface area contributed by atoms with Crippen molar-refractivity contribution in [1.82, 2.24) is 0 Å². The molecule has 0 radical (unpaired) electrons. The van der Waals surface area contributed by atoms with Gasteiger partial charge in [0.25, 0.3) is 0 Å². The first kappa shape index (κ1) is 30.6. The Kier molecular flexibility index (Phi) is 9.01. The molecule has 3 fully saturated rings. The number of rotatable bonds is 12. The Morgan fingerprint density at radius 3 is 2.14 bits per heavy atom. The third-order valence-electron chi connectivity index (χ3n) is 7.98. The summed E-state index contributed by atoms with van der Waals surface area (Å²) in [5, 5.41) is 10.7. The maximum atomic E-state index is 15.0. The minimum atomic E-state index is -1.45. The van der Waals surface area contributed by atoms with Gasteiger partial charge in [-0.1, -0.05) is 84.4 Å². The fraction of sp³-hybridized carbons (Fsp3) is 0.314. The fourth-order valence-electron chi connectivity index (χ4n) is 5.84. The molecule has 9 heteroatoms. The van der Waals surface area contributed by atoms with Gasteiger partial charge in [0.1, 0.15) is 6.10 Å². The molecular formula is C35H33ClF2O6. The summed E-state index contributed by atoms with van der Waals surface area (Å²) in [5.74, 6) is -4.92. The molecule has 3 aliphatic rings. The van der Waals surface area contributed by atoms with Crippen LogP contribution in [0.1, 0.15) is 41.2 Å². The van der Waals surface area contributed by atoms with Crippen molar-refractivity contribution >= 4 is 11.6 Å². The molecule has 6 nitrogen and oxygen atoms in total. The Labute approximate surface area is 260 Å². The van der Waals surface area contributed by atoms with Gasteiger partial charge in [0.15, 0.2) is 11.6 Å². The number of halogens is 3. The number of aliphatic hydroxyl groups excluding tert-OH is 1. The van der Waals surface area contributed by atoms with Crippen LogP contribution >= 0.6 is 11.6 Å². The molecule has 3 aliphatic heterocycles. The lowest BCUT2D eigenvalue weighted by Crippen LogP contribution is -2.75. The standard InChI is InChI=1S/C35H33ClF2O6/c1-2-40-29-16-13-25(31(37)32(29)38)17-26-18-27(14-15-28(26)36)35-33(42-21-24-11-7-4-8-12-24)30(19-34(22-39,43-35)44-35)41-20-23-9-5-3-6-10-23/h3-16,18,30,33,39H,2,17,19-22H2,1H3. The lowest BCUT2D eigenvalue weighted by Gasteiger charge is -2.63. The summed E-state index contributed by atoms with van der Waals surface area (Å²) in [4.78, 5) is 0. The van der Waals surface area contributed by atoms with Gasteiger partial charge < -0.3 is 28.8 Å². The molecule has 4 aromatic rings. The van der Waals surface area contributed by atoms with Crippen LogP contribution < -0.4 is 4.74 Å². The molecule has 0 amide bonds. The minimum Gasteiger partial charge on any atom is -0.491 e. The van der Waals surface area contributed by atoms with Crippen molar-refractivity contribution in [1.29, 1.82) is 0 Å². The Hall–Kier alpha value is -3.37. The third kappa shape index (κ3) is 5.98. The monoisotopic (exact) mass is 622 g/mol. The lowest BCUT2D eigenvalue weighted by molar-refractivity contribution is -0.577. The van der Waals surface area contributed by atoms with Crippen LogP contribution in [0.4, 0.5) is 8.78 Å². The summed E-state index contributed by atoms with van der Waals surface area (Å²) < 4.78 is 60.7. The molecule has 3 saturated heterocycles. The molecule has 44 heavy (non-hydrogen) atoms. The minimum absolute atomic E-state index is 0.00648. The SMILES string of the molecule is CCOc1ccc(Cc2cc(C34OC(CO)(CC(OCc5ccccc5)C3OCc3ccccc3)O4)ccc2Cl)c(F)c1F. The van der Waals surface area contributed by atoms with Crippen LogP contribution in [0.3, 0.4) is 0 Å². The van der Waals surface area contributed by atoms with E-state index in [9.17, 15) is 9.50 Å². The van der Waals surface area contributed by atoms with Gasteiger partial charge in [-0.25, -0.2) is 4.39 Å². The van der Waals surface area contributed by atoms with Crippen LogP contribution in [0.5, 0.6) is 5.75 Å². The highest BCUT2D eigenvalue weighted by Gasteiger charge is 2.70. The third-order valence-corrected chi connectivity index (χ3v) is 8.34. The van der Waals surface area contributed by atoms with Gasteiger partial charge in [-0.3, -0.25) is 0 Å². The number of hydrogen-bond acceptors (Lipinski definition) is 6. The van der Waals surface area contributed by atoms with E-state index in [0.717, 1.165) is 11.1 Å². The van der Waals surface area contributed by atoms with E-state index < -0.39 is 35.4 Å². The zero-order valence-corrected chi connectivity index (χ0v) is 24.9. The topological polar surface area (TPSA) is 66.4 Å². The second-order valence-corrected chi connectivity index (χ2v) is 11.4. The predicted octanol–water partition coefficient (Wildman–Crippen LogP) is 7.07. The summed E-state index contributed by atoms with van der Waals surface area (Å²) in [5.41, 5.74) is 3.14. The van der Waals surface area contributed by atoms with Crippen LogP contribution in [0.2, 0.25) is 5.02 Å². The van der Waals surface area contributed by atoms with Crippen molar-refractivity contribution in [3.8, 4) is 5.75 Å². The van der Waals surface area contributed by atoms with Crippen molar-refractivity contribution in [2.45, 2.75) is 56.8 Å². The van der Waals surface area contributed by atoms with E-state index in [2.05, 4.69) is 0 Å². The van der Waals surface area contributed by atoms with Crippen LogP contribution in [0, 0.1) is 11.6 Å². The van der Waals surface area contributed by atoms with E-state index in [-0.39, 0.29) is 44.0 Å². The van der Waals surface area contributed by atoms with Crippen molar-refractivity contribution in [3.63, 3.8) is 0 Å². The Morgan fingerprint density at radius 1 is 0.841 bits per heavy atom. The summed E-state index contributed by atoms with van der Waals surface area (Å²) in [6, 6.07) is 27.5. The number of ether oxygens (including phenoxy) is 5. The second kappa shape index (κ2) is 12.9. The molecular weight excluding hydrogens is 590 g/mol. The quantitative estimate of drug-likeness (QED) is 0.182. The van der Waals surface area contributed by atoms with E-state index in [0.29, 0.717) is 22.8 Å². The van der Waals surface area contributed by atoms with E-state index in [1.54, 1.807) is 25.1 Å². The molecule has 0 saturated carbocycles. The largest absolute Gasteiger partial charge is 0.491 e. The Balaban J connectivity index is 1.34. The molecule has 2 atom stereocenters. The van der Waals surface area contributed by atoms with E-state index >= 15 is 4.39 Å². The van der Waals surface area contributed by atoms with Gasteiger partial charge in [-0.05, 0) is 47.4 Å². The predicted molar refractivity (Wildman–Crippen MR) is 160 cm³/mol. The first-order valence-electron chi connectivity index (χ1n) is 14.6. The maximum Gasteiger partial charge on any atom is 0.230 e. The van der Waals surface area contributed by atoms with E-state index in [4.69, 9.17) is 35.3 Å². The van der Waals surface area contributed by atoms with Gasteiger partial charge in [0, 0.05) is 23.4 Å². The van der Waals surface area contributed by atoms with Crippen molar-refractivity contribution in [2.75, 3.05) is 13.2 Å². The van der Waals surface area contributed by atoms with Crippen LogP contribution in [-0.2, 0) is 44.4 Å². The highest BCUT2D eigenvalue weighted by molar-refractivity contribution is 6.31. The molecule has 0 aliphatic carbocycles. The smallest absolute Gasteiger partial charge is 0.230 e. The average Bonchev–Trinajstić information content (AvgIpc) is 3.04. The van der Waals surface area contributed by atoms with Crippen molar-refractivity contribution in [2.24, 2.45) is 0 Å². The average molecular weight is 623 g/mol. The van der Waals surface area contributed by atoms with Crippen LogP contribution in [0.25, 0.3) is 0 Å². The zero-order chi connectivity index (χ0) is 30.7. The van der Waals surface area contributed by atoms with Crippen molar-refractivity contribution in [3.05, 3.63) is 135 Å². The summed E-state index contributed by atoms with van der Waals surface area (Å²) in [6.07, 6.45) is -1.000. The lowest BCUT2D eigenvalue weighted by atomic mass is 9.82. The molecule has 1 N–H and O–H groups in total. The maximum absolute atomic E-state index is 15.0. The molecule has 2 unspecified atom stereocenters. The number of fused-ring (bicyclic) bond motifs is 2. The normalized spacial score (nSPS) is 24.1. The molecule has 3 heterocycles. The van der Waals surface area contributed by atoms with E-state index in [1.165, 1.54) is 12.1 Å². The molecule has 230 valence electrons. The summed E-state index contributed by atoms with van der Waals surface area (Å²) in [7, 11) is 0. The summed E-state index contributed by atoms with van der Waals surface area (Å²) in [6.45, 7) is 2.11. The van der Waals surface area contributed by atoms with Crippen LogP contribution in [0.15, 0.2) is 91.0 Å². The molecule has 0 aromatic heterocycles. The van der Waals surface area contributed by atoms with Gasteiger partial charge in [0.2, 0.25) is 17.4 Å². The van der Waals surface area contributed by atoms with E-state index in [1.807, 2.05) is 60.7 Å². The fourth-order valence-corrected chi connectivity index (χ4v) is 6.02. The van der Waals surface area contributed by atoms with Crippen molar-refractivity contribution < 1.29 is 37.6 Å². The highest BCUT2D eigenvalue weighted by atomic mass is 35.5. The molecule has 2 bridgehead atoms. The number of hydrogen-bond donors (Lipinski definition) is 1. The summed E-state index contributed by atoms with van der Waals surface area (Å²) >= 11 is 6.58. The molecule has 4 aromatic carbocycles. The second-order valence-electron chi connectivity index (χ2n) is 11.0. The van der Waals surface area contributed by atoms with Crippen LogP contribution in [-0.4, -0.2) is 36.3 Å². The Bertz CT molecular complexity index is 1580. The van der Waals surface area contributed by atoms with Gasteiger partial charge >= 0.3 is 0 Å². The zero-order valence-electron chi connectivity index (χ0n) is 24.2. The number of aliphatic hydroxyl groups is 1.